The SMILES string of the molecule is O=C(Nc1ccc(C(=O)O)c(O)c1)NC1CCCCC1O. The molecule has 7 nitrogen and oxygen atoms in total. The maximum Gasteiger partial charge on any atom is 0.339 e. The van der Waals surface area contributed by atoms with Crippen LogP contribution in [0.4, 0.5) is 10.5 Å². The Balaban J connectivity index is 1.96. The second-order valence-electron chi connectivity index (χ2n) is 5.09. The number of urea groups is 1. The highest BCUT2D eigenvalue weighted by atomic mass is 16.4. The van der Waals surface area contributed by atoms with Crippen molar-refractivity contribution in [2.24, 2.45) is 0 Å². The highest BCUT2D eigenvalue weighted by Crippen LogP contribution is 2.22. The minimum atomic E-state index is -1.24. The van der Waals surface area contributed by atoms with Gasteiger partial charge in [0.05, 0.1) is 12.1 Å². The van der Waals surface area contributed by atoms with Gasteiger partial charge in [0.25, 0.3) is 0 Å². The monoisotopic (exact) mass is 294 g/mol. The Morgan fingerprint density at radius 1 is 1.19 bits per heavy atom. The zero-order chi connectivity index (χ0) is 15.4. The molecule has 0 saturated heterocycles. The Kier molecular flexibility index (Phi) is 4.64. The summed E-state index contributed by atoms with van der Waals surface area (Å²) in [5, 5.41) is 33.3. The van der Waals surface area contributed by atoms with Gasteiger partial charge in [0.1, 0.15) is 11.3 Å². The lowest BCUT2D eigenvalue weighted by Crippen LogP contribution is -2.46. The summed E-state index contributed by atoms with van der Waals surface area (Å²) >= 11 is 0. The number of aromatic hydroxyl groups is 1. The second-order valence-corrected chi connectivity index (χ2v) is 5.09. The number of rotatable bonds is 3. The van der Waals surface area contributed by atoms with E-state index < -0.39 is 23.9 Å². The standard InChI is InChI=1S/C14H18N2O5/c17-11-4-2-1-3-10(11)16-14(21)15-8-5-6-9(13(19)20)12(18)7-8/h5-7,10-11,17-18H,1-4H2,(H,19,20)(H2,15,16,21). The summed E-state index contributed by atoms with van der Waals surface area (Å²) in [5.74, 6) is -1.66. The molecule has 2 unspecified atom stereocenters. The molecule has 0 heterocycles. The van der Waals surface area contributed by atoms with Crippen LogP contribution >= 0.6 is 0 Å². The fourth-order valence-corrected chi connectivity index (χ4v) is 2.41. The molecule has 1 aliphatic rings. The Morgan fingerprint density at radius 2 is 1.90 bits per heavy atom. The molecule has 5 N–H and O–H groups in total. The number of hydrogen-bond acceptors (Lipinski definition) is 4. The first-order valence-electron chi connectivity index (χ1n) is 6.79. The number of amides is 2. The number of anilines is 1. The van der Waals surface area contributed by atoms with Crippen LogP contribution in [0.1, 0.15) is 36.0 Å². The van der Waals surface area contributed by atoms with Gasteiger partial charge in [0, 0.05) is 11.8 Å². The van der Waals surface area contributed by atoms with Crippen molar-refractivity contribution in [3.05, 3.63) is 23.8 Å². The van der Waals surface area contributed by atoms with E-state index in [-0.39, 0.29) is 17.3 Å². The minimum Gasteiger partial charge on any atom is -0.507 e. The lowest BCUT2D eigenvalue weighted by molar-refractivity contribution is 0.0693. The van der Waals surface area contributed by atoms with Crippen molar-refractivity contribution < 1.29 is 24.9 Å². The molecule has 21 heavy (non-hydrogen) atoms. The molecule has 1 aromatic carbocycles. The fraction of sp³-hybridized carbons (Fsp3) is 0.429. The van der Waals surface area contributed by atoms with Crippen molar-refractivity contribution >= 4 is 17.7 Å². The molecule has 1 fully saturated rings. The Morgan fingerprint density at radius 3 is 2.52 bits per heavy atom. The molecule has 1 saturated carbocycles. The molecule has 0 spiro atoms. The summed E-state index contributed by atoms with van der Waals surface area (Å²) < 4.78 is 0. The lowest BCUT2D eigenvalue weighted by atomic mass is 9.93. The molecular formula is C14H18N2O5. The smallest absolute Gasteiger partial charge is 0.339 e. The molecule has 1 aromatic rings. The van der Waals surface area contributed by atoms with Gasteiger partial charge >= 0.3 is 12.0 Å². The first-order valence-corrected chi connectivity index (χ1v) is 6.79. The van der Waals surface area contributed by atoms with E-state index in [1.165, 1.54) is 18.2 Å². The van der Waals surface area contributed by atoms with Crippen LogP contribution in [0.25, 0.3) is 0 Å². The van der Waals surface area contributed by atoms with Gasteiger partial charge in [-0.1, -0.05) is 12.8 Å². The number of nitrogens with one attached hydrogen (secondary N) is 2. The van der Waals surface area contributed by atoms with Crippen LogP contribution in [0, 0.1) is 0 Å². The number of carboxylic acids is 1. The minimum absolute atomic E-state index is 0.233. The van der Waals surface area contributed by atoms with Crippen LogP contribution in [0.2, 0.25) is 0 Å². The summed E-state index contributed by atoms with van der Waals surface area (Å²) in [6.45, 7) is 0. The Bertz CT molecular complexity index is 546. The third-order valence-corrected chi connectivity index (χ3v) is 3.53. The summed E-state index contributed by atoms with van der Waals surface area (Å²) in [6.07, 6.45) is 2.74. The van der Waals surface area contributed by atoms with Gasteiger partial charge in [-0.05, 0) is 25.0 Å². The number of carboxylic acid groups (broad SMARTS) is 1. The number of aliphatic hydroxyl groups excluding tert-OH is 1. The normalized spacial score (nSPS) is 21.6. The summed E-state index contributed by atoms with van der Waals surface area (Å²) in [4.78, 5) is 22.6. The zero-order valence-corrected chi connectivity index (χ0v) is 11.4. The van der Waals surface area contributed by atoms with Gasteiger partial charge in [-0.3, -0.25) is 0 Å². The highest BCUT2D eigenvalue weighted by Gasteiger charge is 2.24. The number of aliphatic hydroxyl groups is 1. The van der Waals surface area contributed by atoms with E-state index in [1.54, 1.807) is 0 Å². The van der Waals surface area contributed by atoms with Crippen LogP contribution in [0.15, 0.2) is 18.2 Å². The lowest BCUT2D eigenvalue weighted by Gasteiger charge is -2.28. The van der Waals surface area contributed by atoms with Crippen molar-refractivity contribution in [3.63, 3.8) is 0 Å². The largest absolute Gasteiger partial charge is 0.507 e. The molecule has 0 bridgehead atoms. The number of aromatic carboxylic acids is 1. The van der Waals surface area contributed by atoms with E-state index in [9.17, 15) is 19.8 Å². The predicted molar refractivity (Wildman–Crippen MR) is 75.5 cm³/mol. The van der Waals surface area contributed by atoms with Crippen molar-refractivity contribution in [1.29, 1.82) is 0 Å². The van der Waals surface area contributed by atoms with E-state index in [2.05, 4.69) is 10.6 Å². The number of carbonyl (C=O) groups excluding carboxylic acids is 1. The third-order valence-electron chi connectivity index (χ3n) is 3.53. The van der Waals surface area contributed by atoms with Gasteiger partial charge in [-0.15, -0.1) is 0 Å². The maximum absolute atomic E-state index is 11.8. The fourth-order valence-electron chi connectivity index (χ4n) is 2.41. The molecular weight excluding hydrogens is 276 g/mol. The third kappa shape index (κ3) is 3.85. The Hall–Kier alpha value is -2.28. The zero-order valence-electron chi connectivity index (χ0n) is 11.4. The van der Waals surface area contributed by atoms with Gasteiger partial charge in [-0.2, -0.15) is 0 Å². The van der Waals surface area contributed by atoms with Crippen LogP contribution in [-0.4, -0.2) is 39.5 Å². The van der Waals surface area contributed by atoms with Crippen molar-refractivity contribution in [2.45, 2.75) is 37.8 Å². The van der Waals surface area contributed by atoms with E-state index >= 15 is 0 Å². The van der Waals surface area contributed by atoms with Gasteiger partial charge in [-0.25, -0.2) is 9.59 Å². The molecule has 7 heteroatoms. The van der Waals surface area contributed by atoms with Crippen LogP contribution in [0.5, 0.6) is 5.75 Å². The summed E-state index contributed by atoms with van der Waals surface area (Å²) in [7, 11) is 0. The number of phenols is 1. The number of carbonyl (C=O) groups is 2. The van der Waals surface area contributed by atoms with E-state index in [4.69, 9.17) is 5.11 Å². The number of hydrogen-bond donors (Lipinski definition) is 5. The van der Waals surface area contributed by atoms with Gasteiger partial charge in [0.2, 0.25) is 0 Å². The molecule has 2 amide bonds. The molecule has 114 valence electrons. The van der Waals surface area contributed by atoms with Gasteiger partial charge < -0.3 is 26.0 Å². The predicted octanol–water partition coefficient (Wildman–Crippen LogP) is 1.52. The first kappa shape index (κ1) is 15.1. The van der Waals surface area contributed by atoms with E-state index in [0.717, 1.165) is 19.3 Å². The topological polar surface area (TPSA) is 119 Å². The molecule has 1 aliphatic carbocycles. The molecule has 0 radical (unpaired) electrons. The average molecular weight is 294 g/mol. The van der Waals surface area contributed by atoms with Crippen LogP contribution in [0.3, 0.4) is 0 Å². The first-order chi connectivity index (χ1) is 9.97. The summed E-state index contributed by atoms with van der Waals surface area (Å²) in [5.41, 5.74) is 0.0453. The summed E-state index contributed by atoms with van der Waals surface area (Å²) in [6, 6.07) is 2.98. The second kappa shape index (κ2) is 6.45. The van der Waals surface area contributed by atoms with Crippen LogP contribution in [-0.2, 0) is 0 Å². The van der Waals surface area contributed by atoms with Crippen molar-refractivity contribution in [1.82, 2.24) is 5.32 Å². The highest BCUT2D eigenvalue weighted by molar-refractivity contribution is 5.94. The Labute approximate surface area is 121 Å². The van der Waals surface area contributed by atoms with Crippen LogP contribution < -0.4 is 10.6 Å². The van der Waals surface area contributed by atoms with Crippen molar-refractivity contribution in [3.8, 4) is 5.75 Å². The van der Waals surface area contributed by atoms with E-state index in [0.29, 0.717) is 6.42 Å². The quantitative estimate of drug-likeness (QED) is 0.579. The molecule has 0 aromatic heterocycles. The molecule has 2 rings (SSSR count). The van der Waals surface area contributed by atoms with E-state index in [1.807, 2.05) is 0 Å². The maximum atomic E-state index is 11.8. The van der Waals surface area contributed by atoms with Gasteiger partial charge in [0.15, 0.2) is 0 Å². The van der Waals surface area contributed by atoms with Crippen molar-refractivity contribution in [2.75, 3.05) is 5.32 Å². The number of benzene rings is 1. The molecule has 2 atom stereocenters. The molecule has 0 aliphatic heterocycles. The average Bonchev–Trinajstić information content (AvgIpc) is 2.41.